The van der Waals surface area contributed by atoms with E-state index in [0.29, 0.717) is 18.1 Å². The van der Waals surface area contributed by atoms with E-state index < -0.39 is 0 Å². The number of ether oxygens (including phenoxy) is 1. The summed E-state index contributed by atoms with van der Waals surface area (Å²) in [5, 5.41) is 6.14. The topological polar surface area (TPSA) is 76.1 Å². The molecular formula is C22H24N4O2. The van der Waals surface area contributed by atoms with Crippen molar-refractivity contribution in [2.24, 2.45) is 0 Å². The maximum absolute atomic E-state index is 12.5. The molecule has 0 fully saturated rings. The third-order valence-electron chi connectivity index (χ3n) is 4.38. The minimum atomic E-state index is -0.259. The maximum atomic E-state index is 12.5. The molecule has 28 heavy (non-hydrogen) atoms. The SMILES string of the molecule is COc1cccc(CCNc2cc(C(=O)Nc3ccc(C)cc3C)ncn2)c1. The molecule has 1 aromatic heterocycles. The van der Waals surface area contributed by atoms with Gasteiger partial charge in [0.15, 0.2) is 0 Å². The molecule has 0 radical (unpaired) electrons. The minimum Gasteiger partial charge on any atom is -0.497 e. The second-order valence-corrected chi connectivity index (χ2v) is 6.59. The fourth-order valence-electron chi connectivity index (χ4n) is 2.88. The van der Waals surface area contributed by atoms with Crippen LogP contribution >= 0.6 is 0 Å². The second-order valence-electron chi connectivity index (χ2n) is 6.59. The number of anilines is 2. The molecule has 144 valence electrons. The summed E-state index contributed by atoms with van der Waals surface area (Å²) in [5.74, 6) is 1.19. The van der Waals surface area contributed by atoms with Crippen LogP contribution in [0.5, 0.6) is 5.75 Å². The number of aromatic nitrogens is 2. The average Bonchev–Trinajstić information content (AvgIpc) is 2.70. The molecule has 3 rings (SSSR count). The first kappa shape index (κ1) is 19.4. The van der Waals surface area contributed by atoms with Gasteiger partial charge in [-0.15, -0.1) is 0 Å². The lowest BCUT2D eigenvalue weighted by molar-refractivity contribution is 0.102. The van der Waals surface area contributed by atoms with Crippen molar-refractivity contribution in [3.05, 3.63) is 77.2 Å². The first-order valence-electron chi connectivity index (χ1n) is 9.12. The van der Waals surface area contributed by atoms with Crippen molar-refractivity contribution >= 4 is 17.4 Å². The lowest BCUT2D eigenvalue weighted by atomic mass is 10.1. The molecule has 0 spiro atoms. The average molecular weight is 376 g/mol. The highest BCUT2D eigenvalue weighted by molar-refractivity contribution is 6.03. The summed E-state index contributed by atoms with van der Waals surface area (Å²) in [6.07, 6.45) is 2.20. The summed E-state index contributed by atoms with van der Waals surface area (Å²) in [5.41, 5.74) is 4.42. The Morgan fingerprint density at radius 3 is 2.71 bits per heavy atom. The lowest BCUT2D eigenvalue weighted by Gasteiger charge is -2.10. The van der Waals surface area contributed by atoms with Crippen LogP contribution in [0, 0.1) is 13.8 Å². The van der Waals surface area contributed by atoms with E-state index in [1.165, 1.54) is 6.33 Å². The molecule has 2 N–H and O–H groups in total. The molecule has 0 unspecified atom stereocenters. The van der Waals surface area contributed by atoms with Gasteiger partial charge < -0.3 is 15.4 Å². The van der Waals surface area contributed by atoms with E-state index in [4.69, 9.17) is 4.74 Å². The zero-order chi connectivity index (χ0) is 19.9. The summed E-state index contributed by atoms with van der Waals surface area (Å²) < 4.78 is 5.24. The molecule has 0 atom stereocenters. The highest BCUT2D eigenvalue weighted by atomic mass is 16.5. The Morgan fingerprint density at radius 1 is 1.07 bits per heavy atom. The first-order chi connectivity index (χ1) is 13.5. The van der Waals surface area contributed by atoms with Crippen LogP contribution in [-0.2, 0) is 6.42 Å². The standard InChI is InChI=1S/C22H24N4O2/c1-15-7-8-19(16(2)11-15)26-22(27)20-13-21(25-14-24-20)23-10-9-17-5-4-6-18(12-17)28-3/h4-8,11-14H,9-10H2,1-3H3,(H,26,27)(H,23,24,25). The summed E-state index contributed by atoms with van der Waals surface area (Å²) in [6, 6.07) is 15.5. The quantitative estimate of drug-likeness (QED) is 0.652. The summed E-state index contributed by atoms with van der Waals surface area (Å²) in [7, 11) is 1.66. The van der Waals surface area contributed by atoms with Gasteiger partial charge in [0.1, 0.15) is 23.6 Å². The normalized spacial score (nSPS) is 10.4. The highest BCUT2D eigenvalue weighted by Crippen LogP contribution is 2.17. The number of carbonyl (C=O) groups excluding carboxylic acids is 1. The molecule has 0 aliphatic carbocycles. The number of hydrogen-bond acceptors (Lipinski definition) is 5. The van der Waals surface area contributed by atoms with E-state index in [2.05, 4.69) is 20.6 Å². The van der Waals surface area contributed by atoms with E-state index in [-0.39, 0.29) is 5.91 Å². The van der Waals surface area contributed by atoms with Crippen LogP contribution in [0.15, 0.2) is 54.9 Å². The van der Waals surface area contributed by atoms with Gasteiger partial charge in [-0.2, -0.15) is 0 Å². The molecule has 0 saturated carbocycles. The fourth-order valence-corrected chi connectivity index (χ4v) is 2.88. The van der Waals surface area contributed by atoms with Crippen molar-refractivity contribution in [1.29, 1.82) is 0 Å². The van der Waals surface area contributed by atoms with Gasteiger partial charge in [-0.3, -0.25) is 4.79 Å². The van der Waals surface area contributed by atoms with Crippen LogP contribution in [-0.4, -0.2) is 29.5 Å². The summed E-state index contributed by atoms with van der Waals surface area (Å²) in [4.78, 5) is 20.8. The molecule has 0 bridgehead atoms. The van der Waals surface area contributed by atoms with Gasteiger partial charge in [-0.1, -0.05) is 29.8 Å². The zero-order valence-corrected chi connectivity index (χ0v) is 16.3. The smallest absolute Gasteiger partial charge is 0.274 e. The second kappa shape index (κ2) is 8.99. The fraction of sp³-hybridized carbons (Fsp3) is 0.227. The van der Waals surface area contributed by atoms with Crippen LogP contribution < -0.4 is 15.4 Å². The van der Waals surface area contributed by atoms with E-state index >= 15 is 0 Å². The number of rotatable bonds is 7. The molecule has 1 heterocycles. The van der Waals surface area contributed by atoms with Crippen LogP contribution in [0.1, 0.15) is 27.2 Å². The predicted molar refractivity (Wildman–Crippen MR) is 111 cm³/mol. The maximum Gasteiger partial charge on any atom is 0.274 e. The lowest BCUT2D eigenvalue weighted by Crippen LogP contribution is -2.16. The largest absolute Gasteiger partial charge is 0.497 e. The molecule has 0 aliphatic heterocycles. The molecule has 2 aromatic carbocycles. The molecular weight excluding hydrogens is 352 g/mol. The monoisotopic (exact) mass is 376 g/mol. The molecule has 1 amide bonds. The van der Waals surface area contributed by atoms with Crippen molar-refractivity contribution in [2.45, 2.75) is 20.3 Å². The molecule has 6 heteroatoms. The van der Waals surface area contributed by atoms with Crippen LogP contribution in [0.2, 0.25) is 0 Å². The van der Waals surface area contributed by atoms with Crippen molar-refractivity contribution < 1.29 is 9.53 Å². The van der Waals surface area contributed by atoms with Crippen molar-refractivity contribution in [3.63, 3.8) is 0 Å². The van der Waals surface area contributed by atoms with Crippen molar-refractivity contribution in [1.82, 2.24) is 9.97 Å². The Hall–Kier alpha value is -3.41. The van der Waals surface area contributed by atoms with Gasteiger partial charge >= 0.3 is 0 Å². The Balaban J connectivity index is 1.60. The summed E-state index contributed by atoms with van der Waals surface area (Å²) in [6.45, 7) is 4.67. The highest BCUT2D eigenvalue weighted by Gasteiger charge is 2.10. The molecule has 3 aromatic rings. The minimum absolute atomic E-state index is 0.259. The van der Waals surface area contributed by atoms with E-state index in [9.17, 15) is 4.79 Å². The van der Waals surface area contributed by atoms with Crippen LogP contribution in [0.25, 0.3) is 0 Å². The molecule has 0 saturated heterocycles. The van der Waals surface area contributed by atoms with Gasteiger partial charge in [0.2, 0.25) is 0 Å². The van der Waals surface area contributed by atoms with Crippen molar-refractivity contribution in [2.75, 3.05) is 24.3 Å². The molecule has 6 nitrogen and oxygen atoms in total. The number of aryl methyl sites for hydroxylation is 2. The van der Waals surface area contributed by atoms with Gasteiger partial charge in [-0.25, -0.2) is 9.97 Å². The molecule has 0 aliphatic rings. The van der Waals surface area contributed by atoms with Gasteiger partial charge in [-0.05, 0) is 49.6 Å². The number of hydrogen-bond donors (Lipinski definition) is 2. The number of carbonyl (C=O) groups is 1. The van der Waals surface area contributed by atoms with Gasteiger partial charge in [0, 0.05) is 18.3 Å². The Morgan fingerprint density at radius 2 is 1.93 bits per heavy atom. The van der Waals surface area contributed by atoms with Crippen molar-refractivity contribution in [3.8, 4) is 5.75 Å². The number of nitrogens with one attached hydrogen (secondary N) is 2. The van der Waals surface area contributed by atoms with Crippen LogP contribution in [0.3, 0.4) is 0 Å². The van der Waals surface area contributed by atoms with E-state index in [1.807, 2.05) is 56.3 Å². The Labute approximate surface area is 165 Å². The zero-order valence-electron chi connectivity index (χ0n) is 16.3. The van der Waals surface area contributed by atoms with Gasteiger partial charge in [0.25, 0.3) is 5.91 Å². The van der Waals surface area contributed by atoms with Gasteiger partial charge in [0.05, 0.1) is 7.11 Å². The Bertz CT molecular complexity index is 972. The third kappa shape index (κ3) is 5.07. The predicted octanol–water partition coefficient (Wildman–Crippen LogP) is 4.01. The van der Waals surface area contributed by atoms with Crippen LogP contribution in [0.4, 0.5) is 11.5 Å². The number of benzene rings is 2. The number of nitrogens with zero attached hydrogens (tertiary/aromatic N) is 2. The summed E-state index contributed by atoms with van der Waals surface area (Å²) >= 11 is 0. The first-order valence-corrected chi connectivity index (χ1v) is 9.12. The number of amides is 1. The number of methoxy groups -OCH3 is 1. The van der Waals surface area contributed by atoms with E-state index in [1.54, 1.807) is 13.2 Å². The Kier molecular flexibility index (Phi) is 6.22. The van der Waals surface area contributed by atoms with E-state index in [0.717, 1.165) is 34.5 Å². The third-order valence-corrected chi connectivity index (χ3v) is 4.38.